The van der Waals surface area contributed by atoms with Gasteiger partial charge >= 0.3 is 0 Å². The fourth-order valence-corrected chi connectivity index (χ4v) is 7.90. The van der Waals surface area contributed by atoms with Gasteiger partial charge in [0, 0.05) is 65.1 Å². The molecule has 290 valence electrons. The number of aromatic hydroxyl groups is 5. The molecular formula is C45H50O10. The Hall–Kier alpha value is -5.10. The van der Waals surface area contributed by atoms with Crippen LogP contribution in [0.2, 0.25) is 0 Å². The highest BCUT2D eigenvalue weighted by molar-refractivity contribution is 5.58. The molecule has 1 aliphatic carbocycles. The first-order chi connectivity index (χ1) is 26.5. The Kier molecular flexibility index (Phi) is 12.7. The van der Waals surface area contributed by atoms with Crippen molar-refractivity contribution < 1.29 is 51.1 Å². The third-order valence-corrected chi connectivity index (χ3v) is 10.5. The zero-order valence-corrected chi connectivity index (χ0v) is 30.9. The Bertz CT molecular complexity index is 1700. The largest absolute Gasteiger partial charge is 0.507 e. The normalized spacial score (nSPS) is 12.8. The molecule has 0 unspecified atom stereocenters. The zero-order chi connectivity index (χ0) is 39.2. The van der Waals surface area contributed by atoms with Crippen molar-refractivity contribution in [3.63, 3.8) is 0 Å². The SMILES string of the molecule is OCCc1cc2c(O)c(c1)Cc1cc(CCO)cc(c1O)Cc1cc(CCO)cc(c1O)Cc1cc(CCO)cc(c1O)Cc1cc(CCO)cc(c1O)C2. The van der Waals surface area contributed by atoms with E-state index in [1.54, 1.807) is 60.7 Å². The molecular weight excluding hydrogens is 700 g/mol. The van der Waals surface area contributed by atoms with E-state index in [2.05, 4.69) is 0 Å². The summed E-state index contributed by atoms with van der Waals surface area (Å²) in [4.78, 5) is 0. The molecule has 10 nitrogen and oxygen atoms in total. The van der Waals surface area contributed by atoms with Crippen molar-refractivity contribution in [2.24, 2.45) is 0 Å². The molecule has 1 aliphatic rings. The van der Waals surface area contributed by atoms with E-state index >= 15 is 0 Å². The van der Waals surface area contributed by atoms with Gasteiger partial charge in [-0.05, 0) is 116 Å². The maximum absolute atomic E-state index is 11.8. The second kappa shape index (κ2) is 17.6. The van der Waals surface area contributed by atoms with Crippen LogP contribution in [0.5, 0.6) is 28.7 Å². The molecule has 0 amide bonds. The van der Waals surface area contributed by atoms with Gasteiger partial charge in [-0.25, -0.2) is 0 Å². The molecule has 55 heavy (non-hydrogen) atoms. The summed E-state index contributed by atoms with van der Waals surface area (Å²) in [6.45, 7) is -0.724. The second-order valence-corrected chi connectivity index (χ2v) is 14.6. The van der Waals surface area contributed by atoms with Crippen molar-refractivity contribution in [1.29, 1.82) is 0 Å². The van der Waals surface area contributed by atoms with Crippen LogP contribution in [-0.4, -0.2) is 84.1 Å². The van der Waals surface area contributed by atoms with Gasteiger partial charge in [-0.2, -0.15) is 0 Å². The molecule has 5 aromatic carbocycles. The quantitative estimate of drug-likeness (QED) is 0.0970. The molecule has 10 heteroatoms. The van der Waals surface area contributed by atoms with Crippen molar-refractivity contribution in [1.82, 2.24) is 0 Å². The third kappa shape index (κ3) is 8.91. The van der Waals surface area contributed by atoms with E-state index < -0.39 is 0 Å². The van der Waals surface area contributed by atoms with Crippen molar-refractivity contribution >= 4 is 0 Å². The van der Waals surface area contributed by atoms with Gasteiger partial charge in [-0.15, -0.1) is 0 Å². The average molecular weight is 751 g/mol. The smallest absolute Gasteiger partial charge is 0.122 e. The molecule has 6 rings (SSSR count). The summed E-state index contributed by atoms with van der Waals surface area (Å²) in [7, 11) is 0. The van der Waals surface area contributed by atoms with Gasteiger partial charge in [-0.1, -0.05) is 60.7 Å². The van der Waals surface area contributed by atoms with Crippen molar-refractivity contribution in [3.05, 3.63) is 144 Å². The van der Waals surface area contributed by atoms with Crippen molar-refractivity contribution in [2.45, 2.75) is 64.2 Å². The van der Waals surface area contributed by atoms with E-state index in [4.69, 9.17) is 0 Å². The van der Waals surface area contributed by atoms with Gasteiger partial charge in [0.25, 0.3) is 0 Å². The van der Waals surface area contributed by atoms with Crippen LogP contribution in [-0.2, 0) is 64.2 Å². The Morgan fingerprint density at radius 1 is 0.255 bits per heavy atom. The number of phenolic OH excluding ortho intramolecular Hbond substituents is 5. The van der Waals surface area contributed by atoms with Crippen LogP contribution in [0.1, 0.15) is 83.5 Å². The lowest BCUT2D eigenvalue weighted by Gasteiger charge is -2.20. The summed E-state index contributed by atoms with van der Waals surface area (Å²) in [6, 6.07) is 17.8. The van der Waals surface area contributed by atoms with Gasteiger partial charge in [0.05, 0.1) is 0 Å². The standard InChI is InChI=1S/C45H50O10/c46-6-1-26-11-31-21-33-13-27(2-7-47)15-35(42(33)52)23-37-17-29(4-9-49)19-39(44(37)54)25-40-20-30(5-10-50)18-38(45(40)55)24-36-16-28(3-8-48)14-34(43(36)53)22-32(12-26)41(31)51/h11-20,46-55H,1-10,21-25H2. The summed E-state index contributed by atoms with van der Waals surface area (Å²) in [5.41, 5.74) is 8.52. The maximum atomic E-state index is 11.8. The van der Waals surface area contributed by atoms with Crippen LogP contribution in [0.15, 0.2) is 60.7 Å². The molecule has 0 saturated heterocycles. The fourth-order valence-electron chi connectivity index (χ4n) is 7.90. The molecule has 10 N–H and O–H groups in total. The molecule has 0 saturated carbocycles. The first-order valence-corrected chi connectivity index (χ1v) is 18.8. The van der Waals surface area contributed by atoms with E-state index in [1.165, 1.54) is 0 Å². The third-order valence-electron chi connectivity index (χ3n) is 10.5. The Labute approximate surface area is 320 Å². The molecule has 0 spiro atoms. The van der Waals surface area contributed by atoms with Crippen LogP contribution >= 0.6 is 0 Å². The summed E-state index contributed by atoms with van der Waals surface area (Å²) >= 11 is 0. The number of fused-ring (bicyclic) bond motifs is 10. The summed E-state index contributed by atoms with van der Waals surface area (Å²) in [5, 5.41) is 108. The number of aliphatic hydroxyl groups is 5. The number of rotatable bonds is 10. The first-order valence-electron chi connectivity index (χ1n) is 18.8. The molecule has 0 aromatic heterocycles. The number of phenols is 5. The lowest BCUT2D eigenvalue weighted by Crippen LogP contribution is -2.05. The highest BCUT2D eigenvalue weighted by Gasteiger charge is 2.22. The zero-order valence-electron chi connectivity index (χ0n) is 30.9. The number of aliphatic hydroxyl groups excluding tert-OH is 5. The summed E-state index contributed by atoms with van der Waals surface area (Å²) < 4.78 is 0. The first kappa shape index (κ1) is 39.6. The van der Waals surface area contributed by atoms with E-state index in [0.717, 1.165) is 27.8 Å². The van der Waals surface area contributed by atoms with Gasteiger partial charge < -0.3 is 51.1 Å². The second-order valence-electron chi connectivity index (χ2n) is 14.6. The Balaban J connectivity index is 1.64. The van der Waals surface area contributed by atoms with E-state index in [9.17, 15) is 51.1 Å². The van der Waals surface area contributed by atoms with Crippen LogP contribution in [0, 0.1) is 0 Å². The number of hydrogen-bond acceptors (Lipinski definition) is 10. The van der Waals surface area contributed by atoms with E-state index in [1.807, 2.05) is 0 Å². The highest BCUT2D eigenvalue weighted by atomic mass is 16.3. The fraction of sp³-hybridized carbons (Fsp3) is 0.333. The minimum Gasteiger partial charge on any atom is -0.507 e. The molecule has 5 aromatic rings. The minimum atomic E-state index is -0.145. The monoisotopic (exact) mass is 750 g/mol. The summed E-state index contributed by atoms with van der Waals surface area (Å²) in [5.74, 6) is -0.226. The topological polar surface area (TPSA) is 202 Å². The lowest BCUT2D eigenvalue weighted by molar-refractivity contribution is 0.299. The van der Waals surface area contributed by atoms with E-state index in [-0.39, 0.29) is 93.9 Å². The number of benzene rings is 5. The molecule has 10 bridgehead atoms. The van der Waals surface area contributed by atoms with Crippen molar-refractivity contribution in [2.75, 3.05) is 33.0 Å². The van der Waals surface area contributed by atoms with Crippen LogP contribution < -0.4 is 0 Å². The predicted molar refractivity (Wildman–Crippen MR) is 209 cm³/mol. The van der Waals surface area contributed by atoms with Crippen LogP contribution in [0.4, 0.5) is 0 Å². The van der Waals surface area contributed by atoms with Crippen LogP contribution in [0.3, 0.4) is 0 Å². The minimum absolute atomic E-state index is 0.0453. The highest BCUT2D eigenvalue weighted by Crippen LogP contribution is 2.40. The molecule has 0 aliphatic heterocycles. The number of hydrogen-bond donors (Lipinski definition) is 10. The van der Waals surface area contributed by atoms with Gasteiger partial charge in [0.2, 0.25) is 0 Å². The van der Waals surface area contributed by atoms with E-state index in [0.29, 0.717) is 87.7 Å². The lowest BCUT2D eigenvalue weighted by atomic mass is 9.87. The van der Waals surface area contributed by atoms with Gasteiger partial charge in [0.15, 0.2) is 0 Å². The Morgan fingerprint density at radius 3 is 0.491 bits per heavy atom. The molecule has 0 fully saturated rings. The predicted octanol–water partition coefficient (Wildman–Crippen LogP) is 4.16. The molecule has 0 heterocycles. The Morgan fingerprint density at radius 2 is 0.382 bits per heavy atom. The molecule has 0 atom stereocenters. The molecule has 0 radical (unpaired) electrons. The van der Waals surface area contributed by atoms with Gasteiger partial charge in [-0.3, -0.25) is 0 Å². The maximum Gasteiger partial charge on any atom is 0.122 e. The van der Waals surface area contributed by atoms with Crippen molar-refractivity contribution in [3.8, 4) is 28.7 Å². The van der Waals surface area contributed by atoms with Crippen LogP contribution in [0.25, 0.3) is 0 Å². The van der Waals surface area contributed by atoms with Gasteiger partial charge in [0.1, 0.15) is 28.7 Å². The summed E-state index contributed by atoms with van der Waals surface area (Å²) in [6.07, 6.45) is 1.97. The average Bonchev–Trinajstić information content (AvgIpc) is 3.14.